The van der Waals surface area contributed by atoms with Gasteiger partial charge >= 0.3 is 6.18 Å². The molecule has 0 unspecified atom stereocenters. The first kappa shape index (κ1) is 21.3. The Balaban J connectivity index is 3.62. The fraction of sp³-hybridized carbons (Fsp3) is 0.385. The summed E-state index contributed by atoms with van der Waals surface area (Å²) in [5.41, 5.74) is -2.46. The average Bonchev–Trinajstić information content (AvgIpc) is 2.45. The maximum absolute atomic E-state index is 13.2. The fourth-order valence-corrected chi connectivity index (χ4v) is 3.19. The van der Waals surface area contributed by atoms with E-state index in [-0.39, 0.29) is 17.7 Å². The SMILES string of the molecule is CSNN(C)C(=O)c1cc(CS(C)(=O)=O)c(C(F)(F)F)cc1NC=O. The van der Waals surface area contributed by atoms with E-state index in [0.29, 0.717) is 6.07 Å². The zero-order chi connectivity index (χ0) is 19.4. The van der Waals surface area contributed by atoms with Gasteiger partial charge in [0.2, 0.25) is 6.41 Å². The van der Waals surface area contributed by atoms with Gasteiger partial charge in [0, 0.05) is 13.3 Å². The minimum absolute atomic E-state index is 0.129. The summed E-state index contributed by atoms with van der Waals surface area (Å²) in [6.45, 7) is 0. The number of carbonyl (C=O) groups excluding carboxylic acids is 2. The highest BCUT2D eigenvalue weighted by Gasteiger charge is 2.36. The quantitative estimate of drug-likeness (QED) is 0.411. The Kier molecular flexibility index (Phi) is 6.85. The van der Waals surface area contributed by atoms with Crippen molar-refractivity contribution < 1.29 is 31.2 Å². The van der Waals surface area contributed by atoms with E-state index < -0.39 is 38.8 Å². The lowest BCUT2D eigenvalue weighted by atomic mass is 10.0. The van der Waals surface area contributed by atoms with Gasteiger partial charge in [-0.2, -0.15) is 18.0 Å². The van der Waals surface area contributed by atoms with E-state index in [9.17, 15) is 31.2 Å². The Morgan fingerprint density at radius 2 is 1.96 bits per heavy atom. The number of hydrazine groups is 1. The lowest BCUT2D eigenvalue weighted by molar-refractivity contribution is -0.138. The lowest BCUT2D eigenvalue weighted by Crippen LogP contribution is -2.35. The number of hydrogen-bond acceptors (Lipinski definition) is 6. The van der Waals surface area contributed by atoms with Crippen molar-refractivity contribution in [3.8, 4) is 0 Å². The summed E-state index contributed by atoms with van der Waals surface area (Å²) in [4.78, 5) is 25.6. The molecule has 1 aromatic rings. The van der Waals surface area contributed by atoms with Crippen LogP contribution in [0, 0.1) is 0 Å². The van der Waals surface area contributed by atoms with Crippen LogP contribution < -0.4 is 10.1 Å². The molecule has 2 amide bonds. The Morgan fingerprint density at radius 3 is 2.40 bits per heavy atom. The van der Waals surface area contributed by atoms with Crippen molar-refractivity contribution in [2.75, 3.05) is 24.9 Å². The first-order chi connectivity index (χ1) is 11.4. The van der Waals surface area contributed by atoms with Crippen LogP contribution in [0.1, 0.15) is 21.5 Å². The highest BCUT2D eigenvalue weighted by Crippen LogP contribution is 2.36. The second-order valence-corrected chi connectivity index (χ2v) is 7.78. The van der Waals surface area contributed by atoms with Crippen molar-refractivity contribution in [1.82, 2.24) is 9.84 Å². The van der Waals surface area contributed by atoms with Gasteiger partial charge in [0.25, 0.3) is 5.91 Å². The molecule has 7 nitrogen and oxygen atoms in total. The lowest BCUT2D eigenvalue weighted by Gasteiger charge is -2.21. The third-order valence-corrected chi connectivity index (χ3v) is 4.24. The normalized spacial score (nSPS) is 11.9. The van der Waals surface area contributed by atoms with Crippen LogP contribution in [0.25, 0.3) is 0 Å². The molecule has 0 atom stereocenters. The van der Waals surface area contributed by atoms with Gasteiger partial charge in [0.15, 0.2) is 9.84 Å². The van der Waals surface area contributed by atoms with Gasteiger partial charge in [0.1, 0.15) is 0 Å². The molecule has 0 saturated heterocycles. The average molecular weight is 399 g/mol. The largest absolute Gasteiger partial charge is 0.416 e. The summed E-state index contributed by atoms with van der Waals surface area (Å²) >= 11 is 1.06. The number of rotatable bonds is 7. The van der Waals surface area contributed by atoms with Crippen LogP contribution in [-0.2, 0) is 26.6 Å². The molecule has 2 N–H and O–H groups in total. The fourth-order valence-electron chi connectivity index (χ4n) is 2.03. The number of amides is 2. The van der Waals surface area contributed by atoms with Gasteiger partial charge in [-0.05, 0) is 24.0 Å². The van der Waals surface area contributed by atoms with Crippen LogP contribution in [0.2, 0.25) is 0 Å². The number of nitrogens with one attached hydrogen (secondary N) is 2. The van der Waals surface area contributed by atoms with Crippen molar-refractivity contribution in [3.05, 3.63) is 28.8 Å². The summed E-state index contributed by atoms with van der Waals surface area (Å²) in [5.74, 6) is -1.65. The minimum Gasteiger partial charge on any atom is -0.328 e. The highest BCUT2D eigenvalue weighted by atomic mass is 32.2. The molecule has 12 heteroatoms. The molecule has 1 aromatic carbocycles. The first-order valence-corrected chi connectivity index (χ1v) is 9.88. The van der Waals surface area contributed by atoms with Gasteiger partial charge in [-0.3, -0.25) is 14.6 Å². The number of benzene rings is 1. The second kappa shape index (κ2) is 8.06. The predicted octanol–water partition coefficient (Wildman–Crippen LogP) is 1.67. The smallest absolute Gasteiger partial charge is 0.328 e. The van der Waals surface area contributed by atoms with E-state index in [4.69, 9.17) is 0 Å². The molecule has 25 heavy (non-hydrogen) atoms. The van der Waals surface area contributed by atoms with Gasteiger partial charge in [-0.1, -0.05) is 11.9 Å². The summed E-state index contributed by atoms with van der Waals surface area (Å²) in [7, 11) is -2.46. The molecule has 0 fully saturated rings. The van der Waals surface area contributed by atoms with Crippen molar-refractivity contribution in [1.29, 1.82) is 0 Å². The Morgan fingerprint density at radius 1 is 1.36 bits per heavy atom. The molecule has 0 aliphatic carbocycles. The molecule has 140 valence electrons. The number of alkyl halides is 3. The Bertz CT molecular complexity index is 767. The molecule has 0 aromatic heterocycles. The molecule has 1 rings (SSSR count). The van der Waals surface area contributed by atoms with E-state index in [2.05, 4.69) is 4.83 Å². The number of carbonyl (C=O) groups is 2. The van der Waals surface area contributed by atoms with Gasteiger partial charge < -0.3 is 5.32 Å². The number of halogens is 3. The zero-order valence-electron chi connectivity index (χ0n) is 13.5. The molecule has 0 aliphatic heterocycles. The van der Waals surface area contributed by atoms with E-state index in [1.54, 1.807) is 6.26 Å². The van der Waals surface area contributed by atoms with E-state index in [1.165, 1.54) is 7.05 Å². The second-order valence-electron chi connectivity index (χ2n) is 5.04. The maximum atomic E-state index is 13.2. The molecule has 0 radical (unpaired) electrons. The molecular weight excluding hydrogens is 383 g/mol. The van der Waals surface area contributed by atoms with Crippen molar-refractivity contribution in [3.63, 3.8) is 0 Å². The van der Waals surface area contributed by atoms with E-state index in [1.807, 2.05) is 5.32 Å². The number of sulfone groups is 1. The summed E-state index contributed by atoms with van der Waals surface area (Å²) in [6, 6.07) is 1.38. The van der Waals surface area contributed by atoms with Crippen molar-refractivity contribution in [2.45, 2.75) is 11.9 Å². The molecule has 0 spiro atoms. The number of anilines is 1. The van der Waals surface area contributed by atoms with E-state index >= 15 is 0 Å². The third kappa shape index (κ3) is 5.90. The van der Waals surface area contributed by atoms with Gasteiger partial charge in [-0.15, -0.1) is 0 Å². The third-order valence-electron chi connectivity index (χ3n) is 2.94. The van der Waals surface area contributed by atoms with Crippen LogP contribution in [-0.4, -0.2) is 45.3 Å². The summed E-state index contributed by atoms with van der Waals surface area (Å²) < 4.78 is 62.6. The highest BCUT2D eigenvalue weighted by molar-refractivity contribution is 7.96. The molecule has 0 heterocycles. The van der Waals surface area contributed by atoms with Crippen LogP contribution >= 0.6 is 11.9 Å². The van der Waals surface area contributed by atoms with Crippen LogP contribution in [0.5, 0.6) is 0 Å². The Labute approximate surface area is 147 Å². The van der Waals surface area contributed by atoms with Gasteiger partial charge in [-0.25, -0.2) is 8.42 Å². The topological polar surface area (TPSA) is 95.6 Å². The number of hydrogen-bond donors (Lipinski definition) is 2. The van der Waals surface area contributed by atoms with Crippen LogP contribution in [0.15, 0.2) is 12.1 Å². The predicted molar refractivity (Wildman–Crippen MR) is 88.4 cm³/mol. The maximum Gasteiger partial charge on any atom is 0.416 e. The molecule has 0 aliphatic rings. The van der Waals surface area contributed by atoms with E-state index in [0.717, 1.165) is 29.3 Å². The van der Waals surface area contributed by atoms with Crippen molar-refractivity contribution >= 4 is 39.8 Å². The Hall–Kier alpha value is -1.79. The molecular formula is C13H16F3N3O4S2. The first-order valence-electron chi connectivity index (χ1n) is 6.59. The van der Waals surface area contributed by atoms with Crippen LogP contribution in [0.4, 0.5) is 18.9 Å². The van der Waals surface area contributed by atoms with Crippen LogP contribution in [0.3, 0.4) is 0 Å². The minimum atomic E-state index is -4.86. The molecule has 0 saturated carbocycles. The standard InChI is InChI=1S/C13H16F3N3O4S2/c1-19(18-24-2)12(21)9-4-8(6-25(3,22)23)10(13(14,15)16)5-11(9)17-7-20/h4-5,7,18H,6H2,1-3H3,(H,17,20). The summed E-state index contributed by atoms with van der Waals surface area (Å²) in [5, 5.41) is 3.04. The monoisotopic (exact) mass is 399 g/mol. The van der Waals surface area contributed by atoms with Crippen molar-refractivity contribution in [2.24, 2.45) is 0 Å². The number of nitrogens with zero attached hydrogens (tertiary/aromatic N) is 1. The zero-order valence-corrected chi connectivity index (χ0v) is 15.1. The molecule has 0 bridgehead atoms. The van der Waals surface area contributed by atoms with Gasteiger partial charge in [0.05, 0.1) is 22.6 Å². The summed E-state index contributed by atoms with van der Waals surface area (Å²) in [6.07, 6.45) is -2.32.